The smallest absolute Gasteiger partial charge is 0.319 e. The highest BCUT2D eigenvalue weighted by Gasteiger charge is 2.01. The third kappa shape index (κ3) is 4.31. The van der Waals surface area contributed by atoms with Crippen LogP contribution in [0, 0.1) is 6.92 Å². The summed E-state index contributed by atoms with van der Waals surface area (Å²) < 4.78 is 0. The second kappa shape index (κ2) is 6.61. The molecule has 2 rings (SSSR count). The van der Waals surface area contributed by atoms with Crippen LogP contribution in [0.1, 0.15) is 11.1 Å². The van der Waals surface area contributed by atoms with Crippen molar-refractivity contribution in [2.45, 2.75) is 13.3 Å². The third-order valence-corrected chi connectivity index (χ3v) is 2.91. The van der Waals surface area contributed by atoms with Crippen LogP contribution in [0.25, 0.3) is 0 Å². The number of carbonyl (C=O) groups is 1. The van der Waals surface area contributed by atoms with Gasteiger partial charge in [0.05, 0.1) is 0 Å². The summed E-state index contributed by atoms with van der Waals surface area (Å²) >= 11 is 0. The highest BCUT2D eigenvalue weighted by molar-refractivity contribution is 5.89. The van der Waals surface area contributed by atoms with Crippen LogP contribution in [0.4, 0.5) is 10.5 Å². The van der Waals surface area contributed by atoms with Crippen molar-refractivity contribution in [3.63, 3.8) is 0 Å². The summed E-state index contributed by atoms with van der Waals surface area (Å²) in [5.74, 6) is 0.249. The number of rotatable bonds is 4. The predicted octanol–water partition coefficient (Wildman–Crippen LogP) is 3.06. The maximum absolute atomic E-state index is 11.7. The summed E-state index contributed by atoms with van der Waals surface area (Å²) in [4.78, 5) is 11.7. The molecule has 4 heteroatoms. The fraction of sp³-hybridized carbons (Fsp3) is 0.188. The maximum atomic E-state index is 11.7. The number of phenolic OH excluding ortho intramolecular Hbond substituents is 1. The molecule has 0 saturated carbocycles. The second-order valence-corrected chi connectivity index (χ2v) is 4.67. The van der Waals surface area contributed by atoms with E-state index in [2.05, 4.69) is 10.6 Å². The molecule has 0 spiro atoms. The van der Waals surface area contributed by atoms with Crippen molar-refractivity contribution in [1.82, 2.24) is 5.32 Å². The summed E-state index contributed by atoms with van der Waals surface area (Å²) in [6.07, 6.45) is 0.724. The number of carbonyl (C=O) groups excluding carboxylic acids is 1. The summed E-state index contributed by atoms with van der Waals surface area (Å²) in [7, 11) is 0. The van der Waals surface area contributed by atoms with Crippen LogP contribution in [0.5, 0.6) is 5.75 Å². The number of anilines is 1. The number of amides is 2. The van der Waals surface area contributed by atoms with E-state index in [1.54, 1.807) is 12.1 Å². The third-order valence-electron chi connectivity index (χ3n) is 2.91. The molecule has 20 heavy (non-hydrogen) atoms. The molecule has 0 heterocycles. The second-order valence-electron chi connectivity index (χ2n) is 4.67. The maximum Gasteiger partial charge on any atom is 0.319 e. The Labute approximate surface area is 118 Å². The molecule has 0 saturated heterocycles. The molecule has 0 atom stereocenters. The molecule has 2 amide bonds. The highest BCUT2D eigenvalue weighted by atomic mass is 16.3. The summed E-state index contributed by atoms with van der Waals surface area (Å²) in [6, 6.07) is 14.4. The monoisotopic (exact) mass is 270 g/mol. The molecule has 0 aromatic heterocycles. The topological polar surface area (TPSA) is 61.4 Å². The van der Waals surface area contributed by atoms with Gasteiger partial charge in [-0.15, -0.1) is 0 Å². The minimum atomic E-state index is -0.214. The molecule has 2 aromatic rings. The van der Waals surface area contributed by atoms with E-state index < -0.39 is 0 Å². The van der Waals surface area contributed by atoms with Gasteiger partial charge in [0.15, 0.2) is 0 Å². The summed E-state index contributed by atoms with van der Waals surface area (Å²) in [5, 5.41) is 14.8. The van der Waals surface area contributed by atoms with E-state index in [1.807, 2.05) is 43.3 Å². The van der Waals surface area contributed by atoms with Gasteiger partial charge in [-0.3, -0.25) is 0 Å². The van der Waals surface area contributed by atoms with Crippen molar-refractivity contribution >= 4 is 11.7 Å². The van der Waals surface area contributed by atoms with Crippen molar-refractivity contribution in [1.29, 1.82) is 0 Å². The van der Waals surface area contributed by atoms with Gasteiger partial charge >= 0.3 is 6.03 Å². The number of nitrogens with one attached hydrogen (secondary N) is 2. The lowest BCUT2D eigenvalue weighted by Crippen LogP contribution is -2.30. The zero-order valence-corrected chi connectivity index (χ0v) is 11.4. The Kier molecular flexibility index (Phi) is 4.60. The molecule has 0 aliphatic carbocycles. The quantitative estimate of drug-likeness (QED) is 0.799. The van der Waals surface area contributed by atoms with Crippen LogP contribution in [0.15, 0.2) is 48.5 Å². The lowest BCUT2D eigenvalue weighted by molar-refractivity contribution is 0.252. The average Bonchev–Trinajstić information content (AvgIpc) is 2.41. The number of benzene rings is 2. The first-order chi connectivity index (χ1) is 9.63. The van der Waals surface area contributed by atoms with E-state index >= 15 is 0 Å². The fourth-order valence-corrected chi connectivity index (χ4v) is 1.88. The Morgan fingerprint density at radius 1 is 1.15 bits per heavy atom. The van der Waals surface area contributed by atoms with Gasteiger partial charge in [0.1, 0.15) is 5.75 Å². The van der Waals surface area contributed by atoms with Crippen LogP contribution in [-0.2, 0) is 6.42 Å². The molecule has 3 N–H and O–H groups in total. The van der Waals surface area contributed by atoms with Gasteiger partial charge in [0, 0.05) is 12.2 Å². The first-order valence-electron chi connectivity index (χ1n) is 6.53. The number of aryl methyl sites for hydroxylation is 1. The molecule has 0 aliphatic heterocycles. The van der Waals surface area contributed by atoms with E-state index in [4.69, 9.17) is 0 Å². The van der Waals surface area contributed by atoms with Crippen molar-refractivity contribution < 1.29 is 9.90 Å². The molecule has 4 nitrogen and oxygen atoms in total. The van der Waals surface area contributed by atoms with Crippen LogP contribution < -0.4 is 10.6 Å². The molecular formula is C16H18N2O2. The number of aromatic hydroxyl groups is 1. The minimum absolute atomic E-state index is 0.214. The summed E-state index contributed by atoms with van der Waals surface area (Å²) in [5.41, 5.74) is 2.96. The minimum Gasteiger partial charge on any atom is -0.508 e. The van der Waals surface area contributed by atoms with Crippen LogP contribution in [0.2, 0.25) is 0 Å². The first-order valence-corrected chi connectivity index (χ1v) is 6.53. The molecular weight excluding hydrogens is 252 g/mol. The van der Waals surface area contributed by atoms with Crippen LogP contribution >= 0.6 is 0 Å². The highest BCUT2D eigenvalue weighted by Crippen LogP contribution is 2.10. The number of hydrogen-bond donors (Lipinski definition) is 3. The van der Waals surface area contributed by atoms with Crippen LogP contribution in [-0.4, -0.2) is 17.7 Å². The molecule has 0 bridgehead atoms. The largest absolute Gasteiger partial charge is 0.508 e. The molecule has 104 valence electrons. The molecule has 0 aliphatic rings. The van der Waals surface area contributed by atoms with Gasteiger partial charge in [0.25, 0.3) is 0 Å². The number of phenols is 1. The predicted molar refractivity (Wildman–Crippen MR) is 80.0 cm³/mol. The zero-order chi connectivity index (χ0) is 14.4. The van der Waals surface area contributed by atoms with Gasteiger partial charge in [-0.25, -0.2) is 4.79 Å². The van der Waals surface area contributed by atoms with Gasteiger partial charge < -0.3 is 15.7 Å². The lowest BCUT2D eigenvalue weighted by atomic mass is 10.1. The van der Waals surface area contributed by atoms with E-state index in [9.17, 15) is 9.90 Å². The Balaban J connectivity index is 1.76. The lowest BCUT2D eigenvalue weighted by Gasteiger charge is -2.08. The van der Waals surface area contributed by atoms with Gasteiger partial charge in [-0.2, -0.15) is 0 Å². The number of hydrogen-bond acceptors (Lipinski definition) is 2. The van der Waals surface area contributed by atoms with Crippen molar-refractivity contribution in [2.75, 3.05) is 11.9 Å². The van der Waals surface area contributed by atoms with Gasteiger partial charge in [-0.05, 0) is 48.7 Å². The Morgan fingerprint density at radius 2 is 1.90 bits per heavy atom. The van der Waals surface area contributed by atoms with Gasteiger partial charge in [0.2, 0.25) is 0 Å². The Bertz CT molecular complexity index is 579. The fourth-order valence-electron chi connectivity index (χ4n) is 1.88. The summed E-state index contributed by atoms with van der Waals surface area (Å²) in [6.45, 7) is 2.52. The van der Waals surface area contributed by atoms with Gasteiger partial charge in [-0.1, -0.05) is 24.3 Å². The van der Waals surface area contributed by atoms with E-state index in [0.717, 1.165) is 23.2 Å². The van der Waals surface area contributed by atoms with E-state index in [1.165, 1.54) is 0 Å². The molecule has 0 fully saturated rings. The first kappa shape index (κ1) is 13.9. The average molecular weight is 270 g/mol. The van der Waals surface area contributed by atoms with Crippen LogP contribution in [0.3, 0.4) is 0 Å². The Morgan fingerprint density at radius 3 is 2.60 bits per heavy atom. The SMILES string of the molecule is Cc1cccc(NC(=O)NCCc2ccc(O)cc2)c1. The van der Waals surface area contributed by atoms with E-state index in [-0.39, 0.29) is 11.8 Å². The van der Waals surface area contributed by atoms with Crippen molar-refractivity contribution in [3.05, 3.63) is 59.7 Å². The molecule has 0 unspecified atom stereocenters. The van der Waals surface area contributed by atoms with Crippen molar-refractivity contribution in [2.24, 2.45) is 0 Å². The standard InChI is InChI=1S/C16H18N2O2/c1-12-3-2-4-14(11-12)18-16(20)17-10-9-13-5-7-15(19)8-6-13/h2-8,11,19H,9-10H2,1H3,(H2,17,18,20). The number of urea groups is 1. The Hall–Kier alpha value is -2.49. The normalized spacial score (nSPS) is 10.1. The molecule has 2 aromatic carbocycles. The van der Waals surface area contributed by atoms with E-state index in [0.29, 0.717) is 6.54 Å². The zero-order valence-electron chi connectivity index (χ0n) is 11.4. The molecule has 0 radical (unpaired) electrons. The van der Waals surface area contributed by atoms with Crippen molar-refractivity contribution in [3.8, 4) is 5.75 Å².